The van der Waals surface area contributed by atoms with Gasteiger partial charge in [-0.3, -0.25) is 9.69 Å². The number of carbonyl (C=O) groups is 1. The van der Waals surface area contributed by atoms with Gasteiger partial charge in [0.2, 0.25) is 5.91 Å². The van der Waals surface area contributed by atoms with E-state index in [4.69, 9.17) is 0 Å². The Morgan fingerprint density at radius 1 is 1.36 bits per heavy atom. The number of nitrogens with zero attached hydrogens (tertiary/aromatic N) is 1. The Bertz CT molecular complexity index is 467. The monoisotopic (exact) mass is 325 g/mol. The van der Waals surface area contributed by atoms with Crippen molar-refractivity contribution in [3.05, 3.63) is 35.4 Å². The first-order chi connectivity index (χ1) is 10.2. The largest absolute Gasteiger partial charge is 0.355 e. The lowest BCUT2D eigenvalue weighted by Gasteiger charge is -2.31. The standard InChI is InChI=1S/C17H27N3O.ClH/c1-14-6-3-4-7-15(14)9-10-19-17(21)13-20-11-5-8-16(12-20)18-2;/h3-4,6-7,16,18H,5,8-13H2,1-2H3,(H,19,21);1H. The highest BCUT2D eigenvalue weighted by molar-refractivity contribution is 5.85. The van der Waals surface area contributed by atoms with Gasteiger partial charge in [0.25, 0.3) is 0 Å². The summed E-state index contributed by atoms with van der Waals surface area (Å²) in [6.07, 6.45) is 3.28. The van der Waals surface area contributed by atoms with Gasteiger partial charge in [0, 0.05) is 19.1 Å². The molecule has 22 heavy (non-hydrogen) atoms. The highest BCUT2D eigenvalue weighted by atomic mass is 35.5. The van der Waals surface area contributed by atoms with Crippen molar-refractivity contribution in [2.75, 3.05) is 33.2 Å². The van der Waals surface area contributed by atoms with Gasteiger partial charge < -0.3 is 10.6 Å². The number of piperidine rings is 1. The number of rotatable bonds is 6. The summed E-state index contributed by atoms with van der Waals surface area (Å²) in [5.41, 5.74) is 2.60. The molecule has 1 heterocycles. The van der Waals surface area contributed by atoms with Crippen molar-refractivity contribution in [1.82, 2.24) is 15.5 Å². The minimum absolute atomic E-state index is 0. The van der Waals surface area contributed by atoms with Crippen LogP contribution in [-0.4, -0.2) is 50.1 Å². The maximum Gasteiger partial charge on any atom is 0.234 e. The van der Waals surface area contributed by atoms with Gasteiger partial charge in [-0.25, -0.2) is 0 Å². The number of benzene rings is 1. The molecule has 0 bridgehead atoms. The highest BCUT2D eigenvalue weighted by Gasteiger charge is 2.19. The molecule has 1 aromatic rings. The number of aryl methyl sites for hydroxylation is 1. The lowest BCUT2D eigenvalue weighted by molar-refractivity contribution is -0.122. The zero-order valence-electron chi connectivity index (χ0n) is 13.6. The zero-order valence-corrected chi connectivity index (χ0v) is 14.4. The number of halogens is 1. The lowest BCUT2D eigenvalue weighted by Crippen LogP contribution is -2.48. The first-order valence-corrected chi connectivity index (χ1v) is 7.90. The molecule has 5 heteroatoms. The normalized spacial score (nSPS) is 18.5. The van der Waals surface area contributed by atoms with E-state index in [1.807, 2.05) is 13.1 Å². The Hall–Kier alpha value is -1.10. The van der Waals surface area contributed by atoms with Gasteiger partial charge >= 0.3 is 0 Å². The molecule has 0 aliphatic carbocycles. The van der Waals surface area contributed by atoms with Crippen molar-refractivity contribution in [1.29, 1.82) is 0 Å². The van der Waals surface area contributed by atoms with E-state index in [9.17, 15) is 4.79 Å². The van der Waals surface area contributed by atoms with Crippen LogP contribution in [0, 0.1) is 6.92 Å². The molecule has 0 aromatic heterocycles. The van der Waals surface area contributed by atoms with Gasteiger partial charge in [0.15, 0.2) is 0 Å². The van der Waals surface area contributed by atoms with Gasteiger partial charge in [-0.1, -0.05) is 24.3 Å². The van der Waals surface area contributed by atoms with E-state index in [0.29, 0.717) is 19.1 Å². The number of likely N-dealkylation sites (tertiary alicyclic amines) is 1. The van der Waals surface area contributed by atoms with Gasteiger partial charge in [-0.15, -0.1) is 12.4 Å². The molecule has 0 saturated carbocycles. The Morgan fingerprint density at radius 2 is 2.14 bits per heavy atom. The Morgan fingerprint density at radius 3 is 2.86 bits per heavy atom. The van der Waals surface area contributed by atoms with Crippen LogP contribution in [0.15, 0.2) is 24.3 Å². The van der Waals surface area contributed by atoms with Crippen LogP contribution in [0.4, 0.5) is 0 Å². The van der Waals surface area contributed by atoms with E-state index in [1.54, 1.807) is 0 Å². The summed E-state index contributed by atoms with van der Waals surface area (Å²) in [5, 5.41) is 6.34. The molecule has 1 unspecified atom stereocenters. The summed E-state index contributed by atoms with van der Waals surface area (Å²) in [4.78, 5) is 14.3. The molecular formula is C17H28ClN3O. The predicted octanol–water partition coefficient (Wildman–Crippen LogP) is 1.76. The Kier molecular flexibility index (Phi) is 8.46. The minimum Gasteiger partial charge on any atom is -0.355 e. The third-order valence-corrected chi connectivity index (χ3v) is 4.26. The molecule has 124 valence electrons. The summed E-state index contributed by atoms with van der Waals surface area (Å²) in [6, 6.07) is 8.87. The summed E-state index contributed by atoms with van der Waals surface area (Å²) >= 11 is 0. The molecule has 1 amide bonds. The smallest absolute Gasteiger partial charge is 0.234 e. The molecule has 2 N–H and O–H groups in total. The molecule has 1 atom stereocenters. The van der Waals surface area contributed by atoms with Gasteiger partial charge in [-0.2, -0.15) is 0 Å². The van der Waals surface area contributed by atoms with E-state index >= 15 is 0 Å². The molecule has 1 aliphatic rings. The van der Waals surface area contributed by atoms with Crippen molar-refractivity contribution >= 4 is 18.3 Å². The van der Waals surface area contributed by atoms with Crippen molar-refractivity contribution in [2.45, 2.75) is 32.2 Å². The van der Waals surface area contributed by atoms with Gasteiger partial charge in [-0.05, 0) is 50.9 Å². The fourth-order valence-electron chi connectivity index (χ4n) is 2.92. The maximum absolute atomic E-state index is 12.0. The van der Waals surface area contributed by atoms with Crippen LogP contribution in [0.1, 0.15) is 24.0 Å². The molecule has 0 radical (unpaired) electrons. The van der Waals surface area contributed by atoms with E-state index in [0.717, 1.165) is 19.5 Å². The number of amides is 1. The molecule has 1 aliphatic heterocycles. The zero-order chi connectivity index (χ0) is 15.1. The van der Waals surface area contributed by atoms with Gasteiger partial charge in [0.1, 0.15) is 0 Å². The second-order valence-electron chi connectivity index (χ2n) is 5.89. The number of carbonyl (C=O) groups excluding carboxylic acids is 1. The van der Waals surface area contributed by atoms with Crippen LogP contribution >= 0.6 is 12.4 Å². The SMILES string of the molecule is CNC1CCCN(CC(=O)NCCc2ccccc2C)C1.Cl. The molecule has 1 fully saturated rings. The summed E-state index contributed by atoms with van der Waals surface area (Å²) in [7, 11) is 2.00. The average Bonchev–Trinajstić information content (AvgIpc) is 2.49. The second kappa shape index (κ2) is 9.82. The summed E-state index contributed by atoms with van der Waals surface area (Å²) < 4.78 is 0. The second-order valence-corrected chi connectivity index (χ2v) is 5.89. The predicted molar refractivity (Wildman–Crippen MR) is 93.7 cm³/mol. The summed E-state index contributed by atoms with van der Waals surface area (Å²) in [5.74, 6) is 0.139. The number of hydrogen-bond acceptors (Lipinski definition) is 3. The lowest BCUT2D eigenvalue weighted by atomic mass is 10.1. The van der Waals surface area contributed by atoms with E-state index in [-0.39, 0.29) is 18.3 Å². The van der Waals surface area contributed by atoms with Crippen LogP contribution in [0.2, 0.25) is 0 Å². The van der Waals surface area contributed by atoms with E-state index in [2.05, 4.69) is 40.7 Å². The summed E-state index contributed by atoms with van der Waals surface area (Å²) in [6.45, 7) is 5.35. The molecule has 1 saturated heterocycles. The third-order valence-electron chi connectivity index (χ3n) is 4.26. The maximum atomic E-state index is 12.0. The first kappa shape index (κ1) is 18.9. The van der Waals surface area contributed by atoms with Crippen LogP contribution < -0.4 is 10.6 Å². The van der Waals surface area contributed by atoms with Crippen molar-refractivity contribution in [3.8, 4) is 0 Å². The minimum atomic E-state index is 0. The molecule has 2 rings (SSSR count). The first-order valence-electron chi connectivity index (χ1n) is 7.90. The van der Waals surface area contributed by atoms with Crippen LogP contribution in [0.25, 0.3) is 0 Å². The highest BCUT2D eigenvalue weighted by Crippen LogP contribution is 2.09. The van der Waals surface area contributed by atoms with Gasteiger partial charge in [0.05, 0.1) is 6.54 Å². The Balaban J connectivity index is 0.00000242. The third kappa shape index (κ3) is 5.95. The molecular weight excluding hydrogens is 298 g/mol. The topological polar surface area (TPSA) is 44.4 Å². The number of hydrogen-bond donors (Lipinski definition) is 2. The van der Waals surface area contributed by atoms with Crippen LogP contribution in [-0.2, 0) is 11.2 Å². The van der Waals surface area contributed by atoms with Crippen LogP contribution in [0.3, 0.4) is 0 Å². The quantitative estimate of drug-likeness (QED) is 0.837. The van der Waals surface area contributed by atoms with E-state index in [1.165, 1.54) is 24.0 Å². The number of nitrogens with one attached hydrogen (secondary N) is 2. The molecule has 0 spiro atoms. The van der Waals surface area contributed by atoms with Crippen LogP contribution in [0.5, 0.6) is 0 Å². The van der Waals surface area contributed by atoms with Crippen molar-refractivity contribution in [2.24, 2.45) is 0 Å². The van der Waals surface area contributed by atoms with E-state index < -0.39 is 0 Å². The Labute approximate surface area is 140 Å². The number of likely N-dealkylation sites (N-methyl/N-ethyl adjacent to an activating group) is 1. The molecule has 1 aromatic carbocycles. The average molecular weight is 326 g/mol. The van der Waals surface area contributed by atoms with Crippen molar-refractivity contribution < 1.29 is 4.79 Å². The fourth-order valence-corrected chi connectivity index (χ4v) is 2.92. The fraction of sp³-hybridized carbons (Fsp3) is 0.588. The van der Waals surface area contributed by atoms with Crippen molar-refractivity contribution in [3.63, 3.8) is 0 Å². The molecule has 4 nitrogen and oxygen atoms in total.